The minimum Gasteiger partial charge on any atom is -0.496 e. The molecule has 104 valence electrons. The van der Waals surface area contributed by atoms with Gasteiger partial charge in [-0.05, 0) is 37.2 Å². The molecule has 2 unspecified atom stereocenters. The Balaban J connectivity index is 3.15. The molecule has 0 aromatic heterocycles. The largest absolute Gasteiger partial charge is 0.496 e. The first-order chi connectivity index (χ1) is 8.92. The van der Waals surface area contributed by atoms with E-state index in [1.54, 1.807) is 7.11 Å². The topological polar surface area (TPSA) is 36.3 Å². The van der Waals surface area contributed by atoms with Crippen molar-refractivity contribution in [1.82, 2.24) is 4.90 Å². The Bertz CT molecular complexity index is 460. The van der Waals surface area contributed by atoms with Crippen molar-refractivity contribution in [1.29, 1.82) is 5.26 Å². The standard InChI is InChI=1S/C16H24N2O/c1-11(2)14-9-13(7-8-16(14)19-6)12(3)15(10-17)18(4)5/h7-9,11-12,15H,1-6H3. The molecular formula is C16H24N2O. The van der Waals surface area contributed by atoms with Crippen molar-refractivity contribution < 1.29 is 4.74 Å². The average Bonchev–Trinajstić information content (AvgIpc) is 2.38. The van der Waals surface area contributed by atoms with Crippen LogP contribution in [0.3, 0.4) is 0 Å². The van der Waals surface area contributed by atoms with Gasteiger partial charge in [0.25, 0.3) is 0 Å². The summed E-state index contributed by atoms with van der Waals surface area (Å²) in [5.74, 6) is 1.50. The molecule has 3 heteroatoms. The number of methoxy groups -OCH3 is 1. The molecule has 0 fully saturated rings. The van der Waals surface area contributed by atoms with E-state index >= 15 is 0 Å². The molecule has 0 aliphatic rings. The zero-order chi connectivity index (χ0) is 14.6. The van der Waals surface area contributed by atoms with E-state index in [2.05, 4.69) is 39.0 Å². The van der Waals surface area contributed by atoms with Crippen LogP contribution in [0.25, 0.3) is 0 Å². The van der Waals surface area contributed by atoms with Gasteiger partial charge in [0.2, 0.25) is 0 Å². The molecule has 1 rings (SSSR count). The van der Waals surface area contributed by atoms with Gasteiger partial charge < -0.3 is 4.74 Å². The van der Waals surface area contributed by atoms with E-state index in [-0.39, 0.29) is 12.0 Å². The first kappa shape index (κ1) is 15.5. The molecule has 19 heavy (non-hydrogen) atoms. The molecule has 3 nitrogen and oxygen atoms in total. The summed E-state index contributed by atoms with van der Waals surface area (Å²) in [6.45, 7) is 6.40. The number of nitrogens with zero attached hydrogens (tertiary/aromatic N) is 2. The van der Waals surface area contributed by atoms with Gasteiger partial charge >= 0.3 is 0 Å². The van der Waals surface area contributed by atoms with Gasteiger partial charge in [-0.3, -0.25) is 4.90 Å². The zero-order valence-corrected chi connectivity index (χ0v) is 12.8. The first-order valence-electron chi connectivity index (χ1n) is 6.66. The van der Waals surface area contributed by atoms with Gasteiger partial charge in [0.1, 0.15) is 11.8 Å². The van der Waals surface area contributed by atoms with Gasteiger partial charge in [0.05, 0.1) is 13.2 Å². The molecule has 0 aliphatic carbocycles. The van der Waals surface area contributed by atoms with E-state index in [0.717, 1.165) is 5.75 Å². The number of ether oxygens (including phenoxy) is 1. The molecule has 0 amide bonds. The van der Waals surface area contributed by atoms with Gasteiger partial charge in [-0.2, -0.15) is 5.26 Å². The number of rotatable bonds is 5. The van der Waals surface area contributed by atoms with Crippen molar-refractivity contribution in [2.45, 2.75) is 38.6 Å². The van der Waals surface area contributed by atoms with Gasteiger partial charge in [-0.25, -0.2) is 0 Å². The maximum Gasteiger partial charge on any atom is 0.122 e. The summed E-state index contributed by atoms with van der Waals surface area (Å²) in [6.07, 6.45) is 0. The second kappa shape index (κ2) is 6.58. The van der Waals surface area contributed by atoms with Crippen LogP contribution in [0.15, 0.2) is 18.2 Å². The summed E-state index contributed by atoms with van der Waals surface area (Å²) < 4.78 is 5.40. The van der Waals surface area contributed by atoms with E-state index in [4.69, 9.17) is 4.74 Å². The Morgan fingerprint density at radius 1 is 1.21 bits per heavy atom. The SMILES string of the molecule is COc1ccc(C(C)C(C#N)N(C)C)cc1C(C)C. The Morgan fingerprint density at radius 3 is 2.26 bits per heavy atom. The molecule has 0 saturated carbocycles. The van der Waals surface area contributed by atoms with Crippen molar-refractivity contribution in [3.63, 3.8) is 0 Å². The van der Waals surface area contributed by atoms with Gasteiger partial charge in [0, 0.05) is 5.92 Å². The Kier molecular flexibility index (Phi) is 5.38. The highest BCUT2D eigenvalue weighted by Crippen LogP contribution is 2.31. The minimum atomic E-state index is -0.117. The van der Waals surface area contributed by atoms with E-state index in [9.17, 15) is 5.26 Å². The highest BCUT2D eigenvalue weighted by Gasteiger charge is 2.22. The average molecular weight is 260 g/mol. The maximum absolute atomic E-state index is 9.29. The van der Waals surface area contributed by atoms with Crippen LogP contribution < -0.4 is 4.74 Å². The van der Waals surface area contributed by atoms with Gasteiger partial charge in [-0.1, -0.05) is 32.9 Å². The summed E-state index contributed by atoms with van der Waals surface area (Å²) in [4.78, 5) is 1.96. The second-order valence-electron chi connectivity index (χ2n) is 5.48. The smallest absolute Gasteiger partial charge is 0.122 e. The van der Waals surface area contributed by atoms with E-state index in [1.165, 1.54) is 11.1 Å². The van der Waals surface area contributed by atoms with Crippen molar-refractivity contribution >= 4 is 0 Å². The third kappa shape index (κ3) is 3.48. The molecule has 0 radical (unpaired) electrons. The summed E-state index contributed by atoms with van der Waals surface area (Å²) in [5, 5.41) is 9.29. The van der Waals surface area contributed by atoms with Gasteiger partial charge in [0.15, 0.2) is 0 Å². The van der Waals surface area contributed by atoms with E-state index < -0.39 is 0 Å². The fourth-order valence-corrected chi connectivity index (χ4v) is 2.34. The third-order valence-electron chi connectivity index (χ3n) is 3.56. The molecule has 0 N–H and O–H groups in total. The lowest BCUT2D eigenvalue weighted by Crippen LogP contribution is -2.31. The lowest BCUT2D eigenvalue weighted by atomic mass is 9.89. The lowest BCUT2D eigenvalue weighted by Gasteiger charge is -2.25. The maximum atomic E-state index is 9.29. The molecule has 0 saturated heterocycles. The minimum absolute atomic E-state index is 0.117. The molecular weight excluding hydrogens is 236 g/mol. The molecule has 0 spiro atoms. The second-order valence-corrected chi connectivity index (χ2v) is 5.48. The Labute approximate surface area is 116 Å². The van der Waals surface area contributed by atoms with Crippen LogP contribution in [-0.2, 0) is 0 Å². The molecule has 1 aromatic carbocycles. The number of hydrogen-bond acceptors (Lipinski definition) is 3. The van der Waals surface area contributed by atoms with E-state index in [1.807, 2.05) is 25.1 Å². The predicted octanol–water partition coefficient (Wildman–Crippen LogP) is 3.38. The van der Waals surface area contributed by atoms with Crippen LogP contribution >= 0.6 is 0 Å². The van der Waals surface area contributed by atoms with Gasteiger partial charge in [-0.15, -0.1) is 0 Å². The first-order valence-corrected chi connectivity index (χ1v) is 6.66. The predicted molar refractivity (Wildman–Crippen MR) is 78.6 cm³/mol. The zero-order valence-electron chi connectivity index (χ0n) is 12.8. The third-order valence-corrected chi connectivity index (χ3v) is 3.56. The van der Waals surface area contributed by atoms with Crippen molar-refractivity contribution in [2.24, 2.45) is 0 Å². The van der Waals surface area contributed by atoms with Crippen LogP contribution in [-0.4, -0.2) is 32.1 Å². The quantitative estimate of drug-likeness (QED) is 0.814. The Hall–Kier alpha value is -1.53. The monoisotopic (exact) mass is 260 g/mol. The fourth-order valence-electron chi connectivity index (χ4n) is 2.34. The number of benzene rings is 1. The highest BCUT2D eigenvalue weighted by molar-refractivity contribution is 5.41. The number of nitriles is 1. The molecule has 2 atom stereocenters. The van der Waals surface area contributed by atoms with Crippen LogP contribution in [0.2, 0.25) is 0 Å². The number of likely N-dealkylation sites (N-methyl/N-ethyl adjacent to an activating group) is 1. The highest BCUT2D eigenvalue weighted by atomic mass is 16.5. The fraction of sp³-hybridized carbons (Fsp3) is 0.562. The van der Waals surface area contributed by atoms with Crippen molar-refractivity contribution in [2.75, 3.05) is 21.2 Å². The van der Waals surface area contributed by atoms with Crippen LogP contribution in [0.1, 0.15) is 43.7 Å². The summed E-state index contributed by atoms with van der Waals surface area (Å²) >= 11 is 0. The van der Waals surface area contributed by atoms with Crippen molar-refractivity contribution in [3.05, 3.63) is 29.3 Å². The van der Waals surface area contributed by atoms with Crippen LogP contribution in [0.4, 0.5) is 0 Å². The van der Waals surface area contributed by atoms with Crippen LogP contribution in [0.5, 0.6) is 5.75 Å². The van der Waals surface area contributed by atoms with Crippen molar-refractivity contribution in [3.8, 4) is 11.8 Å². The normalized spacial score (nSPS) is 14.3. The molecule has 1 aromatic rings. The lowest BCUT2D eigenvalue weighted by molar-refractivity contribution is 0.316. The number of hydrogen-bond donors (Lipinski definition) is 0. The summed E-state index contributed by atoms with van der Waals surface area (Å²) in [6, 6.07) is 8.49. The Morgan fingerprint density at radius 2 is 1.84 bits per heavy atom. The molecule has 0 bridgehead atoms. The molecule has 0 aliphatic heterocycles. The van der Waals surface area contributed by atoms with Crippen LogP contribution in [0, 0.1) is 11.3 Å². The molecule has 0 heterocycles. The summed E-state index contributed by atoms with van der Waals surface area (Å²) in [5.41, 5.74) is 2.38. The summed E-state index contributed by atoms with van der Waals surface area (Å²) in [7, 11) is 5.58. The van der Waals surface area contributed by atoms with E-state index in [0.29, 0.717) is 5.92 Å².